The van der Waals surface area contributed by atoms with Crippen molar-refractivity contribution < 1.29 is 21.6 Å². The summed E-state index contributed by atoms with van der Waals surface area (Å²) in [5, 5.41) is 15.3. The second-order valence-electron chi connectivity index (χ2n) is 7.40. The lowest BCUT2D eigenvalue weighted by molar-refractivity contribution is -0.136. The van der Waals surface area contributed by atoms with Crippen LogP contribution in [0.25, 0.3) is 10.9 Å². The van der Waals surface area contributed by atoms with Crippen molar-refractivity contribution in [3.8, 4) is 6.07 Å². The number of hydrogen-bond donors (Lipinski definition) is 2. The second kappa shape index (κ2) is 8.81. The lowest BCUT2D eigenvalue weighted by Gasteiger charge is -2.15. The minimum absolute atomic E-state index is 0.0206. The lowest BCUT2D eigenvalue weighted by atomic mass is 10.1. The Balaban J connectivity index is 1.85. The summed E-state index contributed by atoms with van der Waals surface area (Å²) in [6.45, 7) is 0.382. The molecule has 0 atom stereocenters. The maximum atomic E-state index is 13.6. The third kappa shape index (κ3) is 4.33. The van der Waals surface area contributed by atoms with E-state index in [1.807, 2.05) is 0 Å². The summed E-state index contributed by atoms with van der Waals surface area (Å²) in [6, 6.07) is 12.5. The zero-order chi connectivity index (χ0) is 24.5. The van der Waals surface area contributed by atoms with Crippen LogP contribution in [0, 0.1) is 11.3 Å². The number of pyridine rings is 1. The van der Waals surface area contributed by atoms with E-state index in [9.17, 15) is 21.6 Å². The molecule has 2 aromatic carbocycles. The van der Waals surface area contributed by atoms with E-state index in [0.717, 1.165) is 10.0 Å². The average Bonchev–Trinajstić information content (AvgIpc) is 3.18. The SMILES string of the molecule is CNCc1cn(S(=O)(=O)c2cccnc2)c2cc(Nc3ccc(C#N)cc3C(F)(F)F)ccc12. The van der Waals surface area contributed by atoms with Crippen molar-refractivity contribution in [3.63, 3.8) is 0 Å². The largest absolute Gasteiger partial charge is 0.418 e. The van der Waals surface area contributed by atoms with Gasteiger partial charge in [0.05, 0.1) is 28.4 Å². The average molecular weight is 485 g/mol. The first-order valence-corrected chi connectivity index (χ1v) is 11.4. The van der Waals surface area contributed by atoms with Gasteiger partial charge in [-0.25, -0.2) is 12.4 Å². The van der Waals surface area contributed by atoms with Crippen LogP contribution < -0.4 is 10.6 Å². The van der Waals surface area contributed by atoms with Crippen LogP contribution in [0.1, 0.15) is 16.7 Å². The highest BCUT2D eigenvalue weighted by Gasteiger charge is 2.34. The Bertz CT molecular complexity index is 1510. The number of nitriles is 1. The zero-order valence-corrected chi connectivity index (χ0v) is 18.6. The highest BCUT2D eigenvalue weighted by atomic mass is 32.2. The summed E-state index contributed by atoms with van der Waals surface area (Å²) in [4.78, 5) is 3.85. The molecular weight excluding hydrogens is 467 g/mol. The van der Waals surface area contributed by atoms with Gasteiger partial charge in [-0.1, -0.05) is 6.07 Å². The Morgan fingerprint density at radius 1 is 1.15 bits per heavy atom. The molecule has 34 heavy (non-hydrogen) atoms. The molecule has 7 nitrogen and oxygen atoms in total. The van der Waals surface area contributed by atoms with Crippen LogP contribution in [0.5, 0.6) is 0 Å². The van der Waals surface area contributed by atoms with Gasteiger partial charge in [0.25, 0.3) is 10.0 Å². The molecule has 2 N–H and O–H groups in total. The molecule has 2 aromatic heterocycles. The fraction of sp³-hybridized carbons (Fsp3) is 0.130. The second-order valence-corrected chi connectivity index (χ2v) is 9.22. The van der Waals surface area contributed by atoms with E-state index in [1.165, 1.54) is 48.9 Å². The normalized spacial score (nSPS) is 12.0. The van der Waals surface area contributed by atoms with Gasteiger partial charge in [-0.2, -0.15) is 18.4 Å². The first-order chi connectivity index (χ1) is 16.1. The quantitative estimate of drug-likeness (QED) is 0.413. The number of hydrogen-bond acceptors (Lipinski definition) is 6. The smallest absolute Gasteiger partial charge is 0.355 e. The van der Waals surface area contributed by atoms with Gasteiger partial charge in [0.1, 0.15) is 4.90 Å². The van der Waals surface area contributed by atoms with Gasteiger partial charge in [-0.15, -0.1) is 0 Å². The van der Waals surface area contributed by atoms with E-state index >= 15 is 0 Å². The molecule has 0 aliphatic rings. The summed E-state index contributed by atoms with van der Waals surface area (Å²) in [5.74, 6) is 0. The summed E-state index contributed by atoms with van der Waals surface area (Å²) in [6.07, 6.45) is -0.524. The third-order valence-electron chi connectivity index (χ3n) is 5.15. The van der Waals surface area contributed by atoms with Crippen molar-refractivity contribution >= 4 is 32.3 Å². The minimum atomic E-state index is -4.69. The number of aromatic nitrogens is 2. The Morgan fingerprint density at radius 3 is 2.59 bits per heavy atom. The zero-order valence-electron chi connectivity index (χ0n) is 17.8. The monoisotopic (exact) mass is 485 g/mol. The van der Waals surface area contributed by atoms with Crippen molar-refractivity contribution in [2.45, 2.75) is 17.6 Å². The van der Waals surface area contributed by atoms with Crippen molar-refractivity contribution in [3.05, 3.63) is 83.8 Å². The fourth-order valence-corrected chi connectivity index (χ4v) is 4.95. The van der Waals surface area contributed by atoms with E-state index < -0.39 is 21.8 Å². The van der Waals surface area contributed by atoms with Gasteiger partial charge in [-0.05, 0) is 55.1 Å². The maximum Gasteiger partial charge on any atom is 0.418 e. The number of nitrogens with zero attached hydrogens (tertiary/aromatic N) is 3. The van der Waals surface area contributed by atoms with Gasteiger partial charge < -0.3 is 10.6 Å². The van der Waals surface area contributed by atoms with Crippen molar-refractivity contribution in [2.75, 3.05) is 12.4 Å². The highest BCUT2D eigenvalue weighted by molar-refractivity contribution is 7.90. The molecule has 4 aromatic rings. The number of nitrogens with one attached hydrogen (secondary N) is 2. The van der Waals surface area contributed by atoms with Gasteiger partial charge in [0.2, 0.25) is 0 Å². The Morgan fingerprint density at radius 2 is 1.94 bits per heavy atom. The number of benzene rings is 2. The molecule has 4 rings (SSSR count). The van der Waals surface area contributed by atoms with Gasteiger partial charge >= 0.3 is 6.18 Å². The molecule has 0 saturated carbocycles. The van der Waals surface area contributed by atoms with Gasteiger partial charge in [-0.3, -0.25) is 4.98 Å². The van der Waals surface area contributed by atoms with Crippen LogP contribution in [0.15, 0.2) is 72.0 Å². The van der Waals surface area contributed by atoms with E-state index in [0.29, 0.717) is 23.0 Å². The molecule has 11 heteroatoms. The Labute approximate surface area is 193 Å². The highest BCUT2D eigenvalue weighted by Crippen LogP contribution is 2.37. The molecule has 2 heterocycles. The number of anilines is 2. The van der Waals surface area contributed by atoms with Crippen LogP contribution in [0.2, 0.25) is 0 Å². The summed E-state index contributed by atoms with van der Waals surface area (Å²) < 4.78 is 68.4. The molecule has 0 spiro atoms. The van der Waals surface area contributed by atoms with Crippen molar-refractivity contribution in [1.82, 2.24) is 14.3 Å². The van der Waals surface area contributed by atoms with Gasteiger partial charge in [0.15, 0.2) is 0 Å². The van der Waals surface area contributed by atoms with Crippen LogP contribution in [-0.4, -0.2) is 24.4 Å². The van der Waals surface area contributed by atoms with E-state index in [4.69, 9.17) is 5.26 Å². The molecule has 0 radical (unpaired) electrons. The van der Waals surface area contributed by atoms with Crippen LogP contribution in [0.3, 0.4) is 0 Å². The molecule has 0 amide bonds. The van der Waals surface area contributed by atoms with Crippen molar-refractivity contribution in [2.24, 2.45) is 0 Å². The molecule has 0 unspecified atom stereocenters. The number of fused-ring (bicyclic) bond motifs is 1. The van der Waals surface area contributed by atoms with Crippen LogP contribution in [-0.2, 0) is 22.7 Å². The van der Waals surface area contributed by atoms with Crippen LogP contribution >= 0.6 is 0 Å². The lowest BCUT2D eigenvalue weighted by Crippen LogP contribution is -2.12. The Kier molecular flexibility index (Phi) is 6.03. The number of halogens is 3. The molecule has 0 aliphatic heterocycles. The number of rotatable bonds is 6. The maximum absolute atomic E-state index is 13.6. The summed E-state index contributed by atoms with van der Waals surface area (Å²) >= 11 is 0. The van der Waals surface area contributed by atoms with E-state index in [1.54, 1.807) is 25.2 Å². The van der Waals surface area contributed by atoms with E-state index in [2.05, 4.69) is 15.6 Å². The first kappa shape index (κ1) is 23.3. The fourth-order valence-electron chi connectivity index (χ4n) is 3.60. The minimum Gasteiger partial charge on any atom is -0.355 e. The molecular formula is C23H18F3N5O2S. The van der Waals surface area contributed by atoms with Crippen LogP contribution in [0.4, 0.5) is 24.5 Å². The van der Waals surface area contributed by atoms with E-state index in [-0.39, 0.29) is 21.8 Å². The molecule has 0 saturated heterocycles. The van der Waals surface area contributed by atoms with Gasteiger partial charge in [0, 0.05) is 36.2 Å². The topological polar surface area (TPSA) is 99.8 Å². The Hall–Kier alpha value is -3.88. The molecule has 0 bridgehead atoms. The standard InChI is InChI=1S/C23H18F3N5O2S/c1-28-12-16-14-31(34(32,33)18-3-2-8-29-13-18)22-10-17(5-6-19(16)22)30-21-7-4-15(11-27)9-20(21)23(24,25)26/h2-10,13-14,28,30H,12H2,1H3. The third-order valence-corrected chi connectivity index (χ3v) is 6.80. The molecule has 0 fully saturated rings. The van der Waals surface area contributed by atoms with Crippen molar-refractivity contribution in [1.29, 1.82) is 5.26 Å². The predicted octanol–water partition coefficient (Wildman–Crippen LogP) is 4.63. The molecule has 174 valence electrons. The predicted molar refractivity (Wildman–Crippen MR) is 121 cm³/mol. The first-order valence-electron chi connectivity index (χ1n) is 9.97. The summed E-state index contributed by atoms with van der Waals surface area (Å²) in [7, 11) is -2.29. The molecule has 0 aliphatic carbocycles. The number of alkyl halides is 3. The summed E-state index contributed by atoms with van der Waals surface area (Å²) in [5.41, 5.74) is -0.136.